The van der Waals surface area contributed by atoms with Crippen LogP contribution in [0.1, 0.15) is 32.1 Å². The number of piperidine rings is 1. The summed E-state index contributed by atoms with van der Waals surface area (Å²) in [6.07, 6.45) is 6.86. The molecule has 0 unspecified atom stereocenters. The average Bonchev–Trinajstić information content (AvgIpc) is 3.06. The highest BCUT2D eigenvalue weighted by Gasteiger charge is 2.20. The van der Waals surface area contributed by atoms with Crippen molar-refractivity contribution in [3.8, 4) is 0 Å². The van der Waals surface area contributed by atoms with Gasteiger partial charge in [-0.3, -0.25) is 0 Å². The normalized spacial score (nSPS) is 21.2. The van der Waals surface area contributed by atoms with Crippen molar-refractivity contribution in [2.24, 2.45) is 5.92 Å². The molecule has 0 aromatic carbocycles. The molecule has 0 atom stereocenters. The van der Waals surface area contributed by atoms with Crippen LogP contribution < -0.4 is 5.32 Å². The summed E-state index contributed by atoms with van der Waals surface area (Å²) in [5, 5.41) is 11.6. The number of hydrogen-bond acceptors (Lipinski definition) is 3. The molecule has 1 aliphatic heterocycles. The number of nitrogens with one attached hydrogen (secondary N) is 1. The standard InChI is InChI=1S/C6H12O2.C5H11N/c7-3-4-8-5-6-1-2-6;1-2-4-6-5-3-1/h6-7H,1-5H2;6H,1-5H2. The van der Waals surface area contributed by atoms with Crippen molar-refractivity contribution in [1.82, 2.24) is 5.32 Å². The van der Waals surface area contributed by atoms with E-state index in [-0.39, 0.29) is 6.61 Å². The van der Waals surface area contributed by atoms with Gasteiger partial charge in [-0.2, -0.15) is 0 Å². The van der Waals surface area contributed by atoms with Gasteiger partial charge in [0, 0.05) is 6.61 Å². The number of aliphatic hydroxyl groups is 1. The number of aliphatic hydroxyl groups excluding tert-OH is 1. The molecule has 2 N–H and O–H groups in total. The minimum absolute atomic E-state index is 0.159. The van der Waals surface area contributed by atoms with E-state index in [0.29, 0.717) is 6.61 Å². The van der Waals surface area contributed by atoms with Crippen LogP contribution in [0.2, 0.25) is 0 Å². The topological polar surface area (TPSA) is 41.5 Å². The Balaban J connectivity index is 0.000000146. The van der Waals surface area contributed by atoms with Gasteiger partial charge in [0.05, 0.1) is 13.2 Å². The fraction of sp³-hybridized carbons (Fsp3) is 1.00. The van der Waals surface area contributed by atoms with Gasteiger partial charge in [-0.15, -0.1) is 0 Å². The molecule has 0 radical (unpaired) electrons. The van der Waals surface area contributed by atoms with Gasteiger partial charge in [0.2, 0.25) is 0 Å². The van der Waals surface area contributed by atoms with E-state index < -0.39 is 0 Å². The Labute approximate surface area is 86.8 Å². The van der Waals surface area contributed by atoms with Crippen molar-refractivity contribution in [2.75, 3.05) is 32.9 Å². The molecule has 14 heavy (non-hydrogen) atoms. The van der Waals surface area contributed by atoms with Crippen molar-refractivity contribution in [2.45, 2.75) is 32.1 Å². The van der Waals surface area contributed by atoms with Crippen molar-refractivity contribution in [1.29, 1.82) is 0 Å². The summed E-state index contributed by atoms with van der Waals surface area (Å²) in [5.74, 6) is 0.821. The SMILES string of the molecule is C1CCNCC1.OCCOCC1CC1. The summed E-state index contributed by atoms with van der Waals surface area (Å²) >= 11 is 0. The van der Waals surface area contributed by atoms with Crippen LogP contribution in [0.3, 0.4) is 0 Å². The lowest BCUT2D eigenvalue weighted by molar-refractivity contribution is 0.0854. The van der Waals surface area contributed by atoms with Gasteiger partial charge in [0.1, 0.15) is 0 Å². The van der Waals surface area contributed by atoms with Crippen molar-refractivity contribution < 1.29 is 9.84 Å². The van der Waals surface area contributed by atoms with E-state index in [1.54, 1.807) is 0 Å². The van der Waals surface area contributed by atoms with E-state index in [1.807, 2.05) is 0 Å². The largest absolute Gasteiger partial charge is 0.394 e. The maximum atomic E-state index is 8.27. The zero-order chi connectivity index (χ0) is 10.1. The fourth-order valence-electron chi connectivity index (χ4n) is 1.40. The Bertz CT molecular complexity index is 111. The first-order valence-corrected chi connectivity index (χ1v) is 5.83. The Kier molecular flexibility index (Phi) is 7.01. The van der Waals surface area contributed by atoms with Crippen molar-refractivity contribution >= 4 is 0 Å². The maximum absolute atomic E-state index is 8.27. The van der Waals surface area contributed by atoms with Gasteiger partial charge < -0.3 is 15.2 Å². The number of ether oxygens (including phenoxy) is 1. The molecule has 0 aromatic heterocycles. The quantitative estimate of drug-likeness (QED) is 0.671. The third-order valence-electron chi connectivity index (χ3n) is 2.49. The molecule has 1 aliphatic carbocycles. The summed E-state index contributed by atoms with van der Waals surface area (Å²) in [7, 11) is 0. The first-order chi connectivity index (χ1) is 6.93. The molecule has 0 aromatic rings. The van der Waals surface area contributed by atoms with Gasteiger partial charge >= 0.3 is 0 Å². The zero-order valence-electron chi connectivity index (χ0n) is 9.00. The second-order valence-corrected chi connectivity index (χ2v) is 4.05. The Morgan fingerprint density at radius 2 is 1.86 bits per heavy atom. The molecule has 3 nitrogen and oxygen atoms in total. The lowest BCUT2D eigenvalue weighted by Gasteiger charge is -2.08. The van der Waals surface area contributed by atoms with Gasteiger partial charge in [-0.05, 0) is 44.7 Å². The van der Waals surface area contributed by atoms with Crippen molar-refractivity contribution in [3.05, 3.63) is 0 Å². The Morgan fingerprint density at radius 3 is 2.21 bits per heavy atom. The summed E-state index contributed by atoms with van der Waals surface area (Å²) < 4.78 is 5.06. The Morgan fingerprint density at radius 1 is 1.14 bits per heavy atom. The highest BCUT2D eigenvalue weighted by atomic mass is 16.5. The molecular weight excluding hydrogens is 178 g/mol. The predicted octanol–water partition coefficient (Wildman–Crippen LogP) is 1.17. The average molecular weight is 201 g/mol. The van der Waals surface area contributed by atoms with Gasteiger partial charge in [-0.1, -0.05) is 6.42 Å². The second-order valence-electron chi connectivity index (χ2n) is 4.05. The van der Waals surface area contributed by atoms with Gasteiger partial charge in [-0.25, -0.2) is 0 Å². The maximum Gasteiger partial charge on any atom is 0.0697 e. The molecule has 3 heteroatoms. The van der Waals surface area contributed by atoms with E-state index >= 15 is 0 Å². The van der Waals surface area contributed by atoms with E-state index in [0.717, 1.165) is 12.5 Å². The van der Waals surface area contributed by atoms with E-state index in [2.05, 4.69) is 5.32 Å². The summed E-state index contributed by atoms with van der Waals surface area (Å²) in [6, 6.07) is 0. The van der Waals surface area contributed by atoms with Crippen LogP contribution in [-0.4, -0.2) is 38.0 Å². The second kappa shape index (κ2) is 8.21. The molecule has 1 saturated carbocycles. The molecule has 1 saturated heterocycles. The van der Waals surface area contributed by atoms with Crippen LogP contribution in [0.25, 0.3) is 0 Å². The number of hydrogen-bond donors (Lipinski definition) is 2. The smallest absolute Gasteiger partial charge is 0.0697 e. The molecular formula is C11H23NO2. The molecule has 0 bridgehead atoms. The third kappa shape index (κ3) is 7.30. The predicted molar refractivity (Wildman–Crippen MR) is 57.3 cm³/mol. The highest BCUT2D eigenvalue weighted by molar-refractivity contribution is 4.71. The molecule has 0 spiro atoms. The molecule has 0 amide bonds. The summed E-state index contributed by atoms with van der Waals surface area (Å²) in [4.78, 5) is 0. The van der Waals surface area contributed by atoms with E-state index in [4.69, 9.17) is 9.84 Å². The van der Waals surface area contributed by atoms with E-state index in [1.165, 1.54) is 45.2 Å². The third-order valence-corrected chi connectivity index (χ3v) is 2.49. The first kappa shape index (κ1) is 12.0. The monoisotopic (exact) mass is 201 g/mol. The highest BCUT2D eigenvalue weighted by Crippen LogP contribution is 2.28. The fourth-order valence-corrected chi connectivity index (χ4v) is 1.40. The summed E-state index contributed by atoms with van der Waals surface area (Å²) in [6.45, 7) is 4.03. The number of rotatable bonds is 4. The molecule has 1 heterocycles. The van der Waals surface area contributed by atoms with Crippen LogP contribution in [0.15, 0.2) is 0 Å². The zero-order valence-corrected chi connectivity index (χ0v) is 9.00. The van der Waals surface area contributed by atoms with Crippen molar-refractivity contribution in [3.63, 3.8) is 0 Å². The Hall–Kier alpha value is -0.120. The van der Waals surface area contributed by atoms with Crippen LogP contribution >= 0.6 is 0 Å². The van der Waals surface area contributed by atoms with Gasteiger partial charge in [0.25, 0.3) is 0 Å². The minimum atomic E-state index is 0.159. The van der Waals surface area contributed by atoms with Crippen LogP contribution in [0, 0.1) is 5.92 Å². The van der Waals surface area contributed by atoms with Crippen LogP contribution in [-0.2, 0) is 4.74 Å². The minimum Gasteiger partial charge on any atom is -0.394 e. The molecule has 2 aliphatic rings. The first-order valence-electron chi connectivity index (χ1n) is 5.83. The molecule has 2 fully saturated rings. The van der Waals surface area contributed by atoms with Crippen LogP contribution in [0.5, 0.6) is 0 Å². The molecule has 84 valence electrons. The lowest BCUT2D eigenvalue weighted by atomic mass is 10.2. The lowest BCUT2D eigenvalue weighted by Crippen LogP contribution is -2.21. The van der Waals surface area contributed by atoms with Crippen LogP contribution in [0.4, 0.5) is 0 Å². The molecule has 2 rings (SSSR count). The van der Waals surface area contributed by atoms with E-state index in [9.17, 15) is 0 Å². The van der Waals surface area contributed by atoms with Gasteiger partial charge in [0.15, 0.2) is 0 Å². The summed E-state index contributed by atoms with van der Waals surface area (Å²) in [5.41, 5.74) is 0.